The first-order valence-electron chi connectivity index (χ1n) is 13.2. The second-order valence-electron chi connectivity index (χ2n) is 9.72. The summed E-state index contributed by atoms with van der Waals surface area (Å²) in [5, 5.41) is 3.10. The van der Waals surface area contributed by atoms with Gasteiger partial charge in [-0.1, -0.05) is 96.0 Å². The minimum absolute atomic E-state index is 0.00788. The SMILES string of the molecule is CNC(=O)C(Cc1ccccc1)N(Cc1ccccc1C)C(=O)CN(c1cc(Cl)cc(Cl)c1)S(=O)(=O)c1ccccc1. The highest BCUT2D eigenvalue weighted by molar-refractivity contribution is 7.92. The van der Waals surface area contributed by atoms with Crippen LogP contribution in [0.15, 0.2) is 108 Å². The molecule has 0 bridgehead atoms. The molecule has 0 aliphatic carbocycles. The highest BCUT2D eigenvalue weighted by Gasteiger charge is 2.34. The van der Waals surface area contributed by atoms with Crippen LogP contribution >= 0.6 is 23.2 Å². The number of benzene rings is 4. The van der Waals surface area contributed by atoms with Gasteiger partial charge in [0, 0.05) is 30.1 Å². The lowest BCUT2D eigenvalue weighted by molar-refractivity contribution is -0.139. The predicted octanol–water partition coefficient (Wildman–Crippen LogP) is 5.88. The van der Waals surface area contributed by atoms with Crippen LogP contribution in [0.1, 0.15) is 16.7 Å². The highest BCUT2D eigenvalue weighted by atomic mass is 35.5. The number of nitrogens with one attached hydrogen (secondary N) is 1. The van der Waals surface area contributed by atoms with E-state index in [1.165, 1.54) is 42.3 Å². The van der Waals surface area contributed by atoms with E-state index in [4.69, 9.17) is 23.2 Å². The Morgan fingerprint density at radius 1 is 0.833 bits per heavy atom. The smallest absolute Gasteiger partial charge is 0.264 e. The summed E-state index contributed by atoms with van der Waals surface area (Å²) in [6.07, 6.45) is 0.229. The summed E-state index contributed by atoms with van der Waals surface area (Å²) in [5.74, 6) is -0.942. The van der Waals surface area contributed by atoms with Gasteiger partial charge in [-0.25, -0.2) is 8.42 Å². The van der Waals surface area contributed by atoms with Gasteiger partial charge in [0.05, 0.1) is 10.6 Å². The first-order chi connectivity index (χ1) is 20.1. The number of halogens is 2. The lowest BCUT2D eigenvalue weighted by Gasteiger charge is -2.34. The number of rotatable bonds is 11. The lowest BCUT2D eigenvalue weighted by atomic mass is 10.0. The molecule has 0 radical (unpaired) electrons. The van der Waals surface area contributed by atoms with Crippen LogP contribution < -0.4 is 9.62 Å². The summed E-state index contributed by atoms with van der Waals surface area (Å²) in [4.78, 5) is 29.1. The summed E-state index contributed by atoms with van der Waals surface area (Å²) in [6, 6.07) is 28.1. The average Bonchev–Trinajstić information content (AvgIpc) is 2.98. The predicted molar refractivity (Wildman–Crippen MR) is 167 cm³/mol. The molecule has 1 unspecified atom stereocenters. The Morgan fingerprint density at radius 3 is 2.00 bits per heavy atom. The van der Waals surface area contributed by atoms with Crippen molar-refractivity contribution in [3.05, 3.63) is 130 Å². The molecule has 0 saturated carbocycles. The molecule has 0 fully saturated rings. The summed E-state index contributed by atoms with van der Waals surface area (Å²) < 4.78 is 28.9. The Morgan fingerprint density at radius 2 is 1.40 bits per heavy atom. The van der Waals surface area contributed by atoms with E-state index in [0.29, 0.717) is 0 Å². The van der Waals surface area contributed by atoms with Crippen LogP contribution in [0.3, 0.4) is 0 Å². The summed E-state index contributed by atoms with van der Waals surface area (Å²) in [5.41, 5.74) is 2.74. The standard InChI is InChI=1S/C32H31Cl2N3O4S/c1-23-11-9-10-14-25(23)21-36(30(32(39)35-2)17-24-12-5-3-6-13-24)31(38)22-37(28-19-26(33)18-27(34)20-28)42(40,41)29-15-7-4-8-16-29/h3-16,18-20,30H,17,21-22H2,1-2H3,(H,35,39). The van der Waals surface area contributed by atoms with Crippen molar-refractivity contribution in [3.63, 3.8) is 0 Å². The van der Waals surface area contributed by atoms with Crippen molar-refractivity contribution >= 4 is 50.7 Å². The van der Waals surface area contributed by atoms with E-state index < -0.39 is 28.5 Å². The van der Waals surface area contributed by atoms with Crippen molar-refractivity contribution < 1.29 is 18.0 Å². The molecule has 7 nitrogen and oxygen atoms in total. The first kappa shape index (κ1) is 31.1. The van der Waals surface area contributed by atoms with Crippen LogP contribution in [0.5, 0.6) is 0 Å². The van der Waals surface area contributed by atoms with E-state index in [-0.39, 0.29) is 39.5 Å². The average molecular weight is 625 g/mol. The Kier molecular flexibility index (Phi) is 10.3. The topological polar surface area (TPSA) is 86.8 Å². The zero-order valence-corrected chi connectivity index (χ0v) is 25.5. The van der Waals surface area contributed by atoms with Crippen LogP contribution in [0.25, 0.3) is 0 Å². The van der Waals surface area contributed by atoms with E-state index in [1.807, 2.05) is 61.5 Å². The minimum Gasteiger partial charge on any atom is -0.357 e. The third kappa shape index (κ3) is 7.50. The molecule has 0 aliphatic rings. The number of carbonyl (C=O) groups excluding carboxylic acids is 2. The molecule has 0 heterocycles. The van der Waals surface area contributed by atoms with Crippen LogP contribution in [-0.4, -0.2) is 44.8 Å². The van der Waals surface area contributed by atoms with E-state index in [1.54, 1.807) is 18.2 Å². The van der Waals surface area contributed by atoms with Crippen LogP contribution in [0, 0.1) is 6.92 Å². The van der Waals surface area contributed by atoms with E-state index in [9.17, 15) is 18.0 Å². The van der Waals surface area contributed by atoms with Gasteiger partial charge in [0.15, 0.2) is 0 Å². The van der Waals surface area contributed by atoms with Gasteiger partial charge in [0.25, 0.3) is 10.0 Å². The number of carbonyl (C=O) groups is 2. The molecular weight excluding hydrogens is 593 g/mol. The van der Waals surface area contributed by atoms with Crippen molar-refractivity contribution in [1.82, 2.24) is 10.2 Å². The molecule has 1 atom stereocenters. The maximum absolute atomic E-state index is 14.3. The number of hydrogen-bond acceptors (Lipinski definition) is 4. The third-order valence-electron chi connectivity index (χ3n) is 6.86. The molecule has 218 valence electrons. The molecule has 1 N–H and O–H groups in total. The third-order valence-corrected chi connectivity index (χ3v) is 9.09. The van der Waals surface area contributed by atoms with E-state index in [0.717, 1.165) is 21.0 Å². The molecule has 4 aromatic carbocycles. The number of sulfonamides is 1. The normalized spacial score (nSPS) is 11.9. The number of anilines is 1. The van der Waals surface area contributed by atoms with Crippen molar-refractivity contribution in [2.24, 2.45) is 0 Å². The molecule has 4 rings (SSSR count). The second kappa shape index (κ2) is 13.9. The van der Waals surface area contributed by atoms with Crippen molar-refractivity contribution in [1.29, 1.82) is 0 Å². The van der Waals surface area contributed by atoms with Gasteiger partial charge in [0.1, 0.15) is 12.6 Å². The molecule has 0 spiro atoms. The molecule has 4 aromatic rings. The van der Waals surface area contributed by atoms with Crippen molar-refractivity contribution in [2.45, 2.75) is 30.8 Å². The van der Waals surface area contributed by atoms with Gasteiger partial charge in [-0.2, -0.15) is 0 Å². The minimum atomic E-state index is -4.24. The number of aryl methyl sites for hydroxylation is 1. The molecule has 2 amide bonds. The lowest BCUT2D eigenvalue weighted by Crippen LogP contribution is -2.53. The highest BCUT2D eigenvalue weighted by Crippen LogP contribution is 2.30. The largest absolute Gasteiger partial charge is 0.357 e. The Labute approximate surface area is 256 Å². The second-order valence-corrected chi connectivity index (χ2v) is 12.5. The van der Waals surface area contributed by atoms with Crippen molar-refractivity contribution in [3.8, 4) is 0 Å². The van der Waals surface area contributed by atoms with Crippen molar-refractivity contribution in [2.75, 3.05) is 17.9 Å². The molecule has 42 heavy (non-hydrogen) atoms. The number of hydrogen-bond donors (Lipinski definition) is 1. The Balaban J connectivity index is 1.81. The maximum atomic E-state index is 14.3. The Bertz CT molecular complexity index is 1630. The molecule has 0 saturated heterocycles. The maximum Gasteiger partial charge on any atom is 0.264 e. The fraction of sp³-hybridized carbons (Fsp3) is 0.188. The van der Waals surface area contributed by atoms with Crippen LogP contribution in [-0.2, 0) is 32.6 Å². The van der Waals surface area contributed by atoms with Gasteiger partial charge >= 0.3 is 0 Å². The monoisotopic (exact) mass is 623 g/mol. The zero-order chi connectivity index (χ0) is 30.3. The number of amides is 2. The molecule has 0 aliphatic heterocycles. The molecule has 10 heteroatoms. The fourth-order valence-electron chi connectivity index (χ4n) is 4.62. The molecule has 0 aromatic heterocycles. The summed E-state index contributed by atoms with van der Waals surface area (Å²) in [6.45, 7) is 1.41. The van der Waals surface area contributed by atoms with Gasteiger partial charge in [-0.15, -0.1) is 0 Å². The Hall–Kier alpha value is -3.85. The van der Waals surface area contributed by atoms with Gasteiger partial charge in [-0.3, -0.25) is 13.9 Å². The number of nitrogens with zero attached hydrogens (tertiary/aromatic N) is 2. The quantitative estimate of drug-likeness (QED) is 0.226. The number of likely N-dealkylation sites (N-methyl/N-ethyl adjacent to an activating group) is 1. The fourth-order valence-corrected chi connectivity index (χ4v) is 6.56. The van der Waals surface area contributed by atoms with Crippen LogP contribution in [0.2, 0.25) is 10.0 Å². The summed E-state index contributed by atoms with van der Waals surface area (Å²) in [7, 11) is -2.73. The molecular formula is C32H31Cl2N3O4S. The van der Waals surface area contributed by atoms with E-state index >= 15 is 0 Å². The summed E-state index contributed by atoms with van der Waals surface area (Å²) >= 11 is 12.5. The first-order valence-corrected chi connectivity index (χ1v) is 15.4. The van der Waals surface area contributed by atoms with Crippen LogP contribution in [0.4, 0.5) is 5.69 Å². The van der Waals surface area contributed by atoms with E-state index in [2.05, 4.69) is 5.32 Å². The van der Waals surface area contributed by atoms with Gasteiger partial charge in [0.2, 0.25) is 11.8 Å². The van der Waals surface area contributed by atoms with Gasteiger partial charge < -0.3 is 10.2 Å². The van der Waals surface area contributed by atoms with Gasteiger partial charge in [-0.05, 0) is 53.9 Å². The zero-order valence-electron chi connectivity index (χ0n) is 23.2.